The lowest BCUT2D eigenvalue weighted by Gasteiger charge is -2.27. The van der Waals surface area contributed by atoms with Crippen LogP contribution in [0.1, 0.15) is 36.8 Å². The van der Waals surface area contributed by atoms with Gasteiger partial charge in [-0.1, -0.05) is 0 Å². The van der Waals surface area contributed by atoms with Gasteiger partial charge in [-0.05, 0) is 0 Å². The molecule has 90 heavy (non-hydrogen) atoms. The van der Waals surface area contributed by atoms with Gasteiger partial charge in [0.05, 0.1) is 51.7 Å². The predicted octanol–water partition coefficient (Wildman–Crippen LogP) is -4.80. The smallest absolute Gasteiger partial charge is 0.387 e. The van der Waals surface area contributed by atoms with E-state index in [-0.39, 0.29) is 68.5 Å². The number of fused-ring (bicyclic) bond motifs is 10. The van der Waals surface area contributed by atoms with Crippen LogP contribution in [0, 0.1) is 0 Å². The van der Waals surface area contributed by atoms with Crippen molar-refractivity contribution in [2.75, 3.05) is 48.9 Å². The average Bonchev–Trinajstić information content (AvgIpc) is 1.67. The highest BCUT2D eigenvalue weighted by Gasteiger charge is 2.57. The first-order valence-electron chi connectivity index (χ1n) is 26.1. The number of aromatic amines is 1. The van der Waals surface area contributed by atoms with E-state index in [1.807, 2.05) is 0 Å². The molecule has 0 saturated carbocycles. The molecule has 4 bridgehead atoms. The van der Waals surface area contributed by atoms with E-state index < -0.39 is 168 Å². The number of nitrogens with zero attached hydrogens (tertiary/aromatic N) is 14. The maximum atomic E-state index is 13.2. The summed E-state index contributed by atoms with van der Waals surface area (Å²) in [6, 6.07) is 0. The molecule has 7 aliphatic rings. The third-order valence-electron chi connectivity index (χ3n) is 14.8. The van der Waals surface area contributed by atoms with Crippen molar-refractivity contribution in [3.05, 3.63) is 54.0 Å². The first-order chi connectivity index (χ1) is 42.6. The van der Waals surface area contributed by atoms with Gasteiger partial charge >= 0.3 is 31.3 Å². The molecule has 7 unspecified atom stereocenters. The van der Waals surface area contributed by atoms with E-state index in [1.165, 1.54) is 32.7 Å². The van der Waals surface area contributed by atoms with Crippen molar-refractivity contribution in [3.8, 4) is 0 Å². The maximum absolute atomic E-state index is 13.2. The fourth-order valence-electron chi connectivity index (χ4n) is 10.7. The van der Waals surface area contributed by atoms with Crippen molar-refractivity contribution in [3.63, 3.8) is 0 Å². The van der Waals surface area contributed by atoms with Crippen molar-refractivity contribution in [1.82, 2.24) is 68.1 Å². The zero-order valence-corrected chi connectivity index (χ0v) is 48.6. The highest BCUT2D eigenvalue weighted by Crippen LogP contribution is 2.56. The Morgan fingerprint density at radius 2 is 0.889 bits per heavy atom. The lowest BCUT2D eigenvalue weighted by atomic mass is 10.1. The minimum Gasteiger partial charge on any atom is -0.387 e. The second kappa shape index (κ2) is 23.2. The van der Waals surface area contributed by atoms with Crippen LogP contribution in [0.5, 0.6) is 0 Å². The third kappa shape index (κ3) is 11.6. The highest BCUT2D eigenvalue weighted by molar-refractivity contribution is 7.48. The molecule has 0 aromatic carbocycles. The number of aliphatic imine (C=N–C) groups is 1. The quantitative estimate of drug-likeness (QED) is 0.0735. The summed E-state index contributed by atoms with van der Waals surface area (Å²) in [5.41, 5.74) is 29.0. The van der Waals surface area contributed by atoms with Gasteiger partial charge in [0.1, 0.15) is 115 Å². The number of aliphatic hydroxyl groups excluding tert-OH is 4. The van der Waals surface area contributed by atoms with Gasteiger partial charge in [-0.25, -0.2) is 63.1 Å². The van der Waals surface area contributed by atoms with Crippen LogP contribution in [-0.2, 0) is 73.4 Å². The molecule has 46 nitrogen and oxygen atoms in total. The Labute approximate surface area is 498 Å². The number of phosphoric ester groups is 4. The molecule has 0 spiro atoms. The predicted molar refractivity (Wildman–Crippen MR) is 289 cm³/mol. The number of H-pyrrole nitrogens is 1. The Morgan fingerprint density at radius 1 is 0.489 bits per heavy atom. The summed E-state index contributed by atoms with van der Waals surface area (Å²) < 4.78 is 123. The van der Waals surface area contributed by atoms with E-state index in [4.69, 9.17) is 83.8 Å². The molecule has 6 saturated heterocycles. The van der Waals surface area contributed by atoms with Crippen LogP contribution in [0.4, 0.5) is 23.4 Å². The van der Waals surface area contributed by atoms with Gasteiger partial charge in [0.25, 0.3) is 5.56 Å². The first kappa shape index (κ1) is 62.2. The Morgan fingerprint density at radius 3 is 1.37 bits per heavy atom. The molecule has 21 atom stereocenters. The fourth-order valence-corrected chi connectivity index (χ4v) is 14.5. The van der Waals surface area contributed by atoms with Crippen LogP contribution < -0.4 is 39.5 Å². The molecule has 14 heterocycles. The topological polar surface area (TPSA) is 664 Å². The molecule has 486 valence electrons. The van der Waals surface area contributed by atoms with Crippen LogP contribution >= 0.6 is 31.3 Å². The standard InChI is InChI=1S/C20H27N11O12P2.C20H24N10O13P2/c21-14-8-16(25-3-24-14)30(4-26-8)18-11(33)12-7(41-18)2-39-45(36,37)43-13-10(32)6(1-38-44(34,35)42-12)40-19(13)31-5-27-9-15(22)28-20(23)29-17(9)31;21-14-8-15(24-3-23-14)29(4-25-8)18-11(32)12-7(41-18)2-39-45(36,37)43-13-10(31)6(1-38-44(34,35)42-12)40-19(13)30-5-26-9-16(30)27-20(22)28-17(9)33/h3-7,10-13,15,18-19,32-33H,1-2,22H2,(H,34,35)(H,36,37)(H2,21,24,25)(H3,23,28,29);3-7,10-13,18-19,31-32H,1-2H2,(H,34,35)(H,36,37)(H2,21,23,24)(H3,22,27,28,33)/t6-,7-,10?,11+,12?,13+,15?,18-,19-;6-,7-,10-,11-,12-,13-,18-,19-/m11/s1. The Kier molecular flexibility index (Phi) is 16.0. The van der Waals surface area contributed by atoms with Gasteiger partial charge in [-0.15, -0.1) is 0 Å². The van der Waals surface area contributed by atoms with Gasteiger partial charge in [0.15, 0.2) is 65.0 Å². The molecule has 14 rings (SSSR count). The lowest BCUT2D eigenvalue weighted by molar-refractivity contribution is -0.0676. The van der Waals surface area contributed by atoms with Crippen molar-refractivity contribution in [2.45, 2.75) is 104 Å². The molecule has 0 radical (unpaired) electrons. The van der Waals surface area contributed by atoms with E-state index in [1.54, 1.807) is 0 Å². The van der Waals surface area contributed by atoms with Crippen LogP contribution in [0.3, 0.4) is 0 Å². The van der Waals surface area contributed by atoms with Gasteiger partial charge in [0, 0.05) is 0 Å². The summed E-state index contributed by atoms with van der Waals surface area (Å²) in [7, 11) is -20.3. The maximum Gasteiger partial charge on any atom is 0.472 e. The molecule has 0 aliphatic carbocycles. The molecule has 50 heteroatoms. The van der Waals surface area contributed by atoms with E-state index >= 15 is 0 Å². The monoisotopic (exact) mass is 1350 g/mol. The van der Waals surface area contributed by atoms with E-state index in [0.29, 0.717) is 0 Å². The molecule has 7 aliphatic heterocycles. The lowest BCUT2D eigenvalue weighted by Crippen LogP contribution is -2.36. The van der Waals surface area contributed by atoms with Crippen molar-refractivity contribution < 1.29 is 113 Å². The number of rotatable bonds is 4. The largest absolute Gasteiger partial charge is 0.472 e. The number of phosphoric acid groups is 4. The normalized spacial score (nSPS) is 39.1. The van der Waals surface area contributed by atoms with E-state index in [0.717, 1.165) is 23.5 Å². The van der Waals surface area contributed by atoms with Crippen LogP contribution in [-0.4, -0.2) is 214 Å². The second-order valence-electron chi connectivity index (χ2n) is 20.5. The van der Waals surface area contributed by atoms with Crippen molar-refractivity contribution in [1.29, 1.82) is 0 Å². The van der Waals surface area contributed by atoms with Crippen LogP contribution in [0.25, 0.3) is 33.5 Å². The SMILES string of the molecule is NC1=NC(N)c2ncn([C@@H]3O[C@@H]4COP(=O)(O)OC5[C@@H](COP(=O)(O)O[C@H]3C4O)O[C@@H](n3cnc4c(N)ncnc43)[C@H]5O)c2N1.Nc1nc2c(ncn2[C@@H]2O[C@@H]3COP(=O)(O)O[C@H]4[C@@H](O)[C@H](n5cnc6c(N)ncnc65)O[C@@H]4COP(=O)(O)O[C@@H]2[C@@H]3O)c(=O)[nH]1. The molecule has 7 aromatic rings. The van der Waals surface area contributed by atoms with Crippen molar-refractivity contribution >= 4 is 94.1 Å². The zero-order chi connectivity index (χ0) is 63.7. The van der Waals surface area contributed by atoms with Crippen LogP contribution in [0.15, 0.2) is 47.8 Å². The summed E-state index contributed by atoms with van der Waals surface area (Å²) in [6.07, 6.45) is -18.8. The van der Waals surface area contributed by atoms with E-state index in [2.05, 4.69) is 60.1 Å². The minimum atomic E-state index is -5.11. The van der Waals surface area contributed by atoms with Gasteiger partial charge in [-0.2, -0.15) is 4.98 Å². The first-order valence-corrected chi connectivity index (χ1v) is 32.1. The zero-order valence-electron chi connectivity index (χ0n) is 45.1. The number of hydrogen-bond donors (Lipinski definition) is 15. The van der Waals surface area contributed by atoms with Gasteiger partial charge < -0.3 is 92.9 Å². The molecule has 6 fully saturated rings. The van der Waals surface area contributed by atoms with Gasteiger partial charge in [0.2, 0.25) is 5.95 Å². The minimum absolute atomic E-state index is 0.0343. The molecule has 7 aromatic heterocycles. The number of nitrogens with one attached hydrogen (secondary N) is 2. The third-order valence-corrected chi connectivity index (χ3v) is 18.8. The number of imidazole rings is 4. The molecule has 20 N–H and O–H groups in total. The average molecular weight is 1350 g/mol. The number of guanidine groups is 1. The number of anilines is 4. The summed E-state index contributed by atoms with van der Waals surface area (Å²) in [5, 5.41) is 47.1. The number of nitrogens with two attached hydrogens (primary N) is 5. The van der Waals surface area contributed by atoms with Crippen molar-refractivity contribution in [2.24, 2.45) is 16.5 Å². The van der Waals surface area contributed by atoms with Gasteiger partial charge in [-0.3, -0.25) is 64.2 Å². The Hall–Kier alpha value is -6.59. The second-order valence-corrected chi connectivity index (χ2v) is 26.1. The molecule has 0 amide bonds. The molecular weight excluding hydrogens is 1300 g/mol. The summed E-state index contributed by atoms with van der Waals surface area (Å²) in [6.45, 7) is -3.23. The Balaban J connectivity index is 0.000000165. The van der Waals surface area contributed by atoms with Crippen LogP contribution in [0.2, 0.25) is 0 Å². The number of hydrogen-bond acceptors (Lipinski definition) is 37. The Bertz CT molecular complexity index is 4210. The number of aliphatic hydroxyl groups is 4. The fraction of sp³-hybridized carbons (Fsp3) is 0.525. The number of ether oxygens (including phenoxy) is 4. The number of aromatic nitrogens is 14. The highest BCUT2D eigenvalue weighted by atomic mass is 31.2. The van der Waals surface area contributed by atoms with E-state index in [9.17, 15) is 63.1 Å². The summed E-state index contributed by atoms with van der Waals surface area (Å²) in [4.78, 5) is 97.3. The summed E-state index contributed by atoms with van der Waals surface area (Å²) >= 11 is 0. The summed E-state index contributed by atoms with van der Waals surface area (Å²) in [5.74, 6) is -0.0750. The molecular formula is C40H51N21O25P4. The number of nitrogen functional groups attached to an aromatic ring is 3.